The maximum Gasteiger partial charge on any atom is 0.326 e. The average molecular weight is 347 g/mol. The lowest BCUT2D eigenvalue weighted by Gasteiger charge is -2.19. The van der Waals surface area contributed by atoms with E-state index in [0.29, 0.717) is 0 Å². The normalized spacial score (nSPS) is 14.1. The Morgan fingerprint density at radius 3 is 1.83 bits per heavy atom. The number of aliphatic carboxylic acids is 3. The second kappa shape index (κ2) is 10.2. The first-order chi connectivity index (χ1) is 11.0. The first-order valence-corrected chi connectivity index (χ1v) is 7.07. The van der Waals surface area contributed by atoms with Crippen molar-refractivity contribution >= 4 is 29.7 Å². The number of carbonyl (C=O) groups excluding carboxylic acids is 2. The van der Waals surface area contributed by atoms with Gasteiger partial charge >= 0.3 is 17.9 Å². The van der Waals surface area contributed by atoms with Crippen molar-refractivity contribution < 1.29 is 39.3 Å². The quantitative estimate of drug-likeness (QED) is 0.248. The Bertz CT molecular complexity index is 507. The Labute approximate surface area is 137 Å². The fourth-order valence-corrected chi connectivity index (χ4v) is 1.62. The van der Waals surface area contributed by atoms with Crippen molar-refractivity contribution in [1.29, 1.82) is 0 Å². The summed E-state index contributed by atoms with van der Waals surface area (Å²) < 4.78 is 0. The molecular weight excluding hydrogens is 326 g/mol. The van der Waals surface area contributed by atoms with Crippen LogP contribution >= 0.6 is 0 Å². The maximum absolute atomic E-state index is 11.9. The number of nitrogens with one attached hydrogen (secondary N) is 2. The van der Waals surface area contributed by atoms with Crippen LogP contribution < -0.4 is 16.4 Å². The molecule has 2 amide bonds. The molecule has 136 valence electrons. The van der Waals surface area contributed by atoms with Crippen LogP contribution in [0.5, 0.6) is 0 Å². The molecule has 0 aromatic rings. The highest BCUT2D eigenvalue weighted by Crippen LogP contribution is 2.00. The first kappa shape index (κ1) is 21.3. The molecule has 24 heavy (non-hydrogen) atoms. The van der Waals surface area contributed by atoms with Crippen LogP contribution in [0, 0.1) is 0 Å². The zero-order valence-electron chi connectivity index (χ0n) is 13.0. The third-order valence-electron chi connectivity index (χ3n) is 3.02. The highest BCUT2D eigenvalue weighted by atomic mass is 16.4. The van der Waals surface area contributed by atoms with Gasteiger partial charge in [0.15, 0.2) is 0 Å². The molecule has 0 saturated heterocycles. The molecule has 0 bridgehead atoms. The number of amides is 2. The molecule has 0 unspecified atom stereocenters. The van der Waals surface area contributed by atoms with Crippen LogP contribution in [-0.4, -0.2) is 63.2 Å². The summed E-state index contributed by atoms with van der Waals surface area (Å²) in [5.74, 6) is -5.31. The predicted molar refractivity (Wildman–Crippen MR) is 78.9 cm³/mol. The summed E-state index contributed by atoms with van der Waals surface area (Å²) >= 11 is 0. The van der Waals surface area contributed by atoms with Gasteiger partial charge in [0, 0.05) is 12.8 Å². The van der Waals surface area contributed by atoms with E-state index in [2.05, 4.69) is 10.6 Å². The Morgan fingerprint density at radius 2 is 1.38 bits per heavy atom. The number of carboxylic acids is 3. The molecule has 0 aliphatic heterocycles. The number of rotatable bonds is 11. The lowest BCUT2D eigenvalue weighted by atomic mass is 10.1. The van der Waals surface area contributed by atoms with Gasteiger partial charge in [-0.15, -0.1) is 0 Å². The average Bonchev–Trinajstić information content (AvgIpc) is 2.47. The molecule has 7 N–H and O–H groups in total. The zero-order chi connectivity index (χ0) is 18.9. The van der Waals surface area contributed by atoms with Crippen molar-refractivity contribution in [3.05, 3.63) is 0 Å². The molecule has 0 aromatic heterocycles. The molecule has 0 aliphatic carbocycles. The minimum Gasteiger partial charge on any atom is -0.481 e. The monoisotopic (exact) mass is 347 g/mol. The standard InChI is InChI=1S/C13H21N3O8/c1-6(15-12(22)7(14)2-4-9(17)18)11(21)16-8(13(23)24)3-5-10(19)20/h6-8H,2-5,14H2,1H3,(H,15,22)(H,16,21)(H,17,18)(H,19,20)(H,23,24)/t6-,7-,8-/m0/s1. The van der Waals surface area contributed by atoms with E-state index < -0.39 is 54.3 Å². The molecule has 0 radical (unpaired) electrons. The summed E-state index contributed by atoms with van der Waals surface area (Å²) in [5, 5.41) is 30.3. The highest BCUT2D eigenvalue weighted by Gasteiger charge is 2.25. The van der Waals surface area contributed by atoms with Crippen molar-refractivity contribution in [3.63, 3.8) is 0 Å². The summed E-state index contributed by atoms with van der Waals surface area (Å²) in [6, 6.07) is -3.66. The third kappa shape index (κ3) is 8.68. The number of nitrogens with two attached hydrogens (primary N) is 1. The van der Waals surface area contributed by atoms with E-state index in [-0.39, 0.29) is 19.3 Å². The van der Waals surface area contributed by atoms with E-state index in [0.717, 1.165) is 0 Å². The Balaban J connectivity index is 4.51. The molecule has 0 aliphatic rings. The van der Waals surface area contributed by atoms with E-state index in [9.17, 15) is 24.0 Å². The smallest absolute Gasteiger partial charge is 0.326 e. The third-order valence-corrected chi connectivity index (χ3v) is 3.02. The van der Waals surface area contributed by atoms with E-state index in [4.69, 9.17) is 21.1 Å². The maximum atomic E-state index is 11.9. The zero-order valence-corrected chi connectivity index (χ0v) is 13.0. The summed E-state index contributed by atoms with van der Waals surface area (Å²) in [6.45, 7) is 1.28. The van der Waals surface area contributed by atoms with Crippen LogP contribution in [-0.2, 0) is 24.0 Å². The summed E-state index contributed by atoms with van der Waals surface area (Å²) in [7, 11) is 0. The lowest BCUT2D eigenvalue weighted by Crippen LogP contribution is -2.53. The minimum absolute atomic E-state index is 0.119. The van der Waals surface area contributed by atoms with Crippen LogP contribution in [0.15, 0.2) is 0 Å². The molecule has 11 heteroatoms. The van der Waals surface area contributed by atoms with E-state index in [1.165, 1.54) is 6.92 Å². The predicted octanol–water partition coefficient (Wildman–Crippen LogP) is -1.88. The van der Waals surface area contributed by atoms with Crippen LogP contribution in [0.2, 0.25) is 0 Å². The molecule has 3 atom stereocenters. The first-order valence-electron chi connectivity index (χ1n) is 7.07. The molecule has 0 rings (SSSR count). The second-order valence-corrected chi connectivity index (χ2v) is 5.10. The van der Waals surface area contributed by atoms with Gasteiger partial charge in [0.05, 0.1) is 6.04 Å². The number of hydrogen-bond donors (Lipinski definition) is 6. The summed E-state index contributed by atoms with van der Waals surface area (Å²) in [4.78, 5) is 55.4. The van der Waals surface area contributed by atoms with E-state index in [1.54, 1.807) is 0 Å². The second-order valence-electron chi connectivity index (χ2n) is 5.10. The largest absolute Gasteiger partial charge is 0.481 e. The van der Waals surface area contributed by atoms with Gasteiger partial charge in [-0.25, -0.2) is 4.79 Å². The summed E-state index contributed by atoms with van der Waals surface area (Å²) in [6.07, 6.45) is -1.19. The van der Waals surface area contributed by atoms with Gasteiger partial charge in [0.25, 0.3) is 0 Å². The Hall–Kier alpha value is -2.69. The lowest BCUT2D eigenvalue weighted by molar-refractivity contribution is -0.143. The van der Waals surface area contributed by atoms with E-state index >= 15 is 0 Å². The van der Waals surface area contributed by atoms with Crippen LogP contribution in [0.3, 0.4) is 0 Å². The molecule has 0 aromatic carbocycles. The van der Waals surface area contributed by atoms with Crippen LogP contribution in [0.1, 0.15) is 32.6 Å². The molecule has 0 fully saturated rings. The molecule has 0 saturated carbocycles. The number of hydrogen-bond acceptors (Lipinski definition) is 6. The molecule has 0 spiro atoms. The highest BCUT2D eigenvalue weighted by molar-refractivity contribution is 5.91. The van der Waals surface area contributed by atoms with Gasteiger partial charge in [-0.05, 0) is 19.8 Å². The molecule has 11 nitrogen and oxygen atoms in total. The van der Waals surface area contributed by atoms with Crippen LogP contribution in [0.4, 0.5) is 0 Å². The van der Waals surface area contributed by atoms with Crippen molar-refractivity contribution in [2.45, 2.75) is 50.7 Å². The van der Waals surface area contributed by atoms with Gasteiger partial charge in [0.1, 0.15) is 12.1 Å². The fourth-order valence-electron chi connectivity index (χ4n) is 1.62. The summed E-state index contributed by atoms with van der Waals surface area (Å²) in [5.41, 5.74) is 5.48. The van der Waals surface area contributed by atoms with Gasteiger partial charge in [-0.2, -0.15) is 0 Å². The SMILES string of the molecule is C[C@H](NC(=O)[C@@H](N)CCC(=O)O)C(=O)N[C@@H](CCC(=O)O)C(=O)O. The van der Waals surface area contributed by atoms with Gasteiger partial charge in [-0.1, -0.05) is 0 Å². The molecular formula is C13H21N3O8. The topological polar surface area (TPSA) is 196 Å². The van der Waals surface area contributed by atoms with Crippen LogP contribution in [0.25, 0.3) is 0 Å². The molecule has 0 heterocycles. The van der Waals surface area contributed by atoms with Crippen molar-refractivity contribution in [2.75, 3.05) is 0 Å². The Morgan fingerprint density at radius 1 is 0.875 bits per heavy atom. The van der Waals surface area contributed by atoms with Gasteiger partial charge in [-0.3, -0.25) is 19.2 Å². The van der Waals surface area contributed by atoms with Crippen molar-refractivity contribution in [3.8, 4) is 0 Å². The van der Waals surface area contributed by atoms with Crippen molar-refractivity contribution in [2.24, 2.45) is 5.73 Å². The van der Waals surface area contributed by atoms with E-state index in [1.807, 2.05) is 0 Å². The minimum atomic E-state index is -1.41. The fraction of sp³-hybridized carbons (Fsp3) is 0.615. The number of carboxylic acid groups (broad SMARTS) is 3. The van der Waals surface area contributed by atoms with Gasteiger partial charge in [0.2, 0.25) is 11.8 Å². The Kier molecular flexibility index (Phi) is 9.02. The van der Waals surface area contributed by atoms with Gasteiger partial charge < -0.3 is 31.7 Å². The van der Waals surface area contributed by atoms with Crippen molar-refractivity contribution in [1.82, 2.24) is 10.6 Å². The number of carbonyl (C=O) groups is 5.